The number of rotatable bonds is 8. The number of nitrogens with zero attached hydrogens (tertiary/aromatic N) is 2. The van der Waals surface area contributed by atoms with E-state index in [0.29, 0.717) is 10.6 Å². The molecular formula is C22H21ClF4N4O3S. The van der Waals surface area contributed by atoms with E-state index < -0.39 is 39.5 Å². The lowest BCUT2D eigenvalue weighted by Gasteiger charge is -2.15. The molecule has 188 valence electrons. The van der Waals surface area contributed by atoms with E-state index in [9.17, 15) is 30.8 Å². The predicted octanol–water partition coefficient (Wildman–Crippen LogP) is 4.15. The van der Waals surface area contributed by atoms with E-state index in [1.807, 2.05) is 0 Å². The van der Waals surface area contributed by atoms with E-state index in [1.54, 1.807) is 12.1 Å². The van der Waals surface area contributed by atoms with Crippen LogP contribution >= 0.6 is 11.6 Å². The van der Waals surface area contributed by atoms with Gasteiger partial charge in [0.25, 0.3) is 0 Å². The molecular weight excluding hydrogens is 512 g/mol. The molecule has 3 aromatic rings. The lowest BCUT2D eigenvalue weighted by atomic mass is 9.98. The second-order valence-electron chi connectivity index (χ2n) is 7.79. The summed E-state index contributed by atoms with van der Waals surface area (Å²) in [5.74, 6) is -2.10. The lowest BCUT2D eigenvalue weighted by Crippen LogP contribution is -2.28. The van der Waals surface area contributed by atoms with Crippen LogP contribution in [0.1, 0.15) is 35.4 Å². The highest BCUT2D eigenvalue weighted by Crippen LogP contribution is 2.30. The lowest BCUT2D eigenvalue weighted by molar-refractivity contribution is -0.141. The number of alkyl halides is 3. The highest BCUT2D eigenvalue weighted by molar-refractivity contribution is 7.88. The van der Waals surface area contributed by atoms with Crippen molar-refractivity contribution >= 4 is 27.5 Å². The molecule has 3 rings (SSSR count). The van der Waals surface area contributed by atoms with E-state index in [1.165, 1.54) is 31.2 Å². The summed E-state index contributed by atoms with van der Waals surface area (Å²) in [5.41, 5.74) is -0.381. The number of aromatic nitrogens is 2. The molecule has 0 aliphatic carbocycles. The van der Waals surface area contributed by atoms with Gasteiger partial charge in [-0.1, -0.05) is 29.8 Å². The largest absolute Gasteiger partial charge is 0.435 e. The van der Waals surface area contributed by atoms with Crippen LogP contribution in [-0.2, 0) is 34.1 Å². The molecule has 35 heavy (non-hydrogen) atoms. The van der Waals surface area contributed by atoms with Crippen LogP contribution in [0.5, 0.6) is 0 Å². The van der Waals surface area contributed by atoms with Crippen molar-refractivity contribution < 1.29 is 30.8 Å². The number of nitrogens with one attached hydrogen (secondary N) is 2. The fraction of sp³-hybridized carbons (Fsp3) is 0.273. The Hall–Kier alpha value is -2.96. The number of benzene rings is 2. The van der Waals surface area contributed by atoms with Gasteiger partial charge >= 0.3 is 6.18 Å². The van der Waals surface area contributed by atoms with Gasteiger partial charge in [0.05, 0.1) is 30.1 Å². The predicted molar refractivity (Wildman–Crippen MR) is 122 cm³/mol. The number of hydrogen-bond acceptors (Lipinski definition) is 4. The smallest absolute Gasteiger partial charge is 0.350 e. The molecule has 0 aliphatic rings. The zero-order chi connectivity index (χ0) is 26.0. The summed E-state index contributed by atoms with van der Waals surface area (Å²) in [7, 11) is -3.51. The second-order valence-corrected chi connectivity index (χ2v) is 10.1. The zero-order valence-corrected chi connectivity index (χ0v) is 20.1. The average molecular weight is 533 g/mol. The van der Waals surface area contributed by atoms with E-state index in [4.69, 9.17) is 11.6 Å². The quantitative estimate of drug-likeness (QED) is 0.426. The molecule has 1 amide bonds. The Labute approximate surface area is 204 Å². The van der Waals surface area contributed by atoms with Gasteiger partial charge in [-0.2, -0.15) is 18.3 Å². The minimum atomic E-state index is -4.69. The van der Waals surface area contributed by atoms with E-state index in [-0.39, 0.29) is 30.0 Å². The number of sulfonamides is 1. The Kier molecular flexibility index (Phi) is 7.87. The molecule has 1 unspecified atom stereocenters. The number of amides is 1. The molecule has 0 saturated carbocycles. The highest BCUT2D eigenvalue weighted by atomic mass is 35.5. The minimum Gasteiger partial charge on any atom is -0.350 e. The summed E-state index contributed by atoms with van der Waals surface area (Å²) in [4.78, 5) is 12.7. The first-order chi connectivity index (χ1) is 16.2. The fourth-order valence-electron chi connectivity index (χ4n) is 3.18. The van der Waals surface area contributed by atoms with Gasteiger partial charge in [0, 0.05) is 17.1 Å². The van der Waals surface area contributed by atoms with Crippen LogP contribution in [-0.4, -0.2) is 30.4 Å². The van der Waals surface area contributed by atoms with Crippen molar-refractivity contribution in [3.63, 3.8) is 0 Å². The monoisotopic (exact) mass is 532 g/mol. The Bertz CT molecular complexity index is 1340. The summed E-state index contributed by atoms with van der Waals surface area (Å²) < 4.78 is 79.8. The molecule has 0 saturated heterocycles. The van der Waals surface area contributed by atoms with Crippen LogP contribution in [0.3, 0.4) is 0 Å². The molecule has 0 aliphatic heterocycles. The van der Waals surface area contributed by atoms with Crippen LogP contribution in [0.2, 0.25) is 5.02 Å². The van der Waals surface area contributed by atoms with Gasteiger partial charge in [-0.3, -0.25) is 4.79 Å². The third-order valence-corrected chi connectivity index (χ3v) is 5.97. The first-order valence-electron chi connectivity index (χ1n) is 10.2. The Balaban J connectivity index is 1.76. The maximum atomic E-state index is 14.4. The van der Waals surface area contributed by atoms with Gasteiger partial charge in [0.2, 0.25) is 15.9 Å². The van der Waals surface area contributed by atoms with E-state index >= 15 is 0 Å². The van der Waals surface area contributed by atoms with Gasteiger partial charge in [0.15, 0.2) is 5.69 Å². The van der Waals surface area contributed by atoms with Crippen molar-refractivity contribution in [3.05, 3.63) is 81.9 Å². The minimum absolute atomic E-state index is 0.0634. The third-order valence-electron chi connectivity index (χ3n) is 5.07. The van der Waals surface area contributed by atoms with Crippen molar-refractivity contribution in [2.75, 3.05) is 6.26 Å². The van der Waals surface area contributed by atoms with Gasteiger partial charge < -0.3 is 5.32 Å². The first kappa shape index (κ1) is 26.6. The van der Waals surface area contributed by atoms with E-state index in [0.717, 1.165) is 23.1 Å². The number of carbonyl (C=O) groups excluding carboxylic acids is 1. The normalized spacial score (nSPS) is 13.0. The van der Waals surface area contributed by atoms with Crippen molar-refractivity contribution in [2.45, 2.75) is 32.1 Å². The van der Waals surface area contributed by atoms with Crippen molar-refractivity contribution in [2.24, 2.45) is 0 Å². The van der Waals surface area contributed by atoms with Gasteiger partial charge in [-0.05, 0) is 42.8 Å². The van der Waals surface area contributed by atoms with Crippen LogP contribution < -0.4 is 10.0 Å². The average Bonchev–Trinajstić information content (AvgIpc) is 3.20. The maximum absolute atomic E-state index is 14.4. The maximum Gasteiger partial charge on any atom is 0.435 e. The Morgan fingerprint density at radius 1 is 1.14 bits per heavy atom. The van der Waals surface area contributed by atoms with Gasteiger partial charge in [-0.25, -0.2) is 22.2 Å². The summed E-state index contributed by atoms with van der Waals surface area (Å²) >= 11 is 5.95. The third kappa shape index (κ3) is 7.03. The molecule has 1 heterocycles. The summed E-state index contributed by atoms with van der Waals surface area (Å²) in [6, 6.07) is 10.9. The first-order valence-corrected chi connectivity index (χ1v) is 12.4. The molecule has 0 spiro atoms. The molecule has 1 aromatic heterocycles. The van der Waals surface area contributed by atoms with Crippen LogP contribution in [0.4, 0.5) is 17.6 Å². The zero-order valence-electron chi connectivity index (χ0n) is 18.5. The topological polar surface area (TPSA) is 93.1 Å². The molecule has 7 nitrogen and oxygen atoms in total. The summed E-state index contributed by atoms with van der Waals surface area (Å²) in [6.07, 6.45) is -3.75. The van der Waals surface area contributed by atoms with Crippen molar-refractivity contribution in [1.82, 2.24) is 19.8 Å². The highest BCUT2D eigenvalue weighted by Gasteiger charge is 2.35. The summed E-state index contributed by atoms with van der Waals surface area (Å²) in [5, 5.41) is 6.46. The van der Waals surface area contributed by atoms with Crippen molar-refractivity contribution in [1.29, 1.82) is 0 Å². The fourth-order valence-corrected chi connectivity index (χ4v) is 3.79. The number of halogens is 5. The molecule has 0 bridgehead atoms. The second kappa shape index (κ2) is 10.3. The molecule has 0 fully saturated rings. The standard InChI is InChI=1S/C22H21ClF4N4O3S/c1-13(14-6-7-15(19(24)8-14)11-29-35(2,33)34)21(32)28-12-18-10-20(22(25,26)27)30-31(18)17-5-3-4-16(23)9-17/h3-10,13,29H,11-12H2,1-2H3,(H,28,32). The Morgan fingerprint density at radius 2 is 1.86 bits per heavy atom. The molecule has 13 heteroatoms. The Morgan fingerprint density at radius 3 is 2.46 bits per heavy atom. The summed E-state index contributed by atoms with van der Waals surface area (Å²) in [6.45, 7) is 0.978. The number of hydrogen-bond donors (Lipinski definition) is 2. The molecule has 0 radical (unpaired) electrons. The van der Waals surface area contributed by atoms with E-state index in [2.05, 4.69) is 15.1 Å². The van der Waals surface area contributed by atoms with Crippen molar-refractivity contribution in [3.8, 4) is 5.69 Å². The van der Waals surface area contributed by atoms with Crippen LogP contribution in [0, 0.1) is 5.82 Å². The van der Waals surface area contributed by atoms with Crippen LogP contribution in [0.25, 0.3) is 5.69 Å². The molecule has 2 aromatic carbocycles. The molecule has 1 atom stereocenters. The SMILES string of the molecule is CC(C(=O)NCc1cc(C(F)(F)F)nn1-c1cccc(Cl)c1)c1ccc(CNS(C)(=O)=O)c(F)c1. The molecule has 2 N–H and O–H groups in total. The van der Waals surface area contributed by atoms with Gasteiger partial charge in [-0.15, -0.1) is 0 Å². The number of carbonyl (C=O) groups is 1. The van der Waals surface area contributed by atoms with Gasteiger partial charge in [0.1, 0.15) is 5.82 Å². The van der Waals surface area contributed by atoms with Crippen LogP contribution in [0.15, 0.2) is 48.5 Å².